The second-order valence-corrected chi connectivity index (χ2v) is 5.25. The van der Waals surface area contributed by atoms with Gasteiger partial charge in [0.15, 0.2) is 0 Å². The van der Waals surface area contributed by atoms with Gasteiger partial charge in [-0.25, -0.2) is 0 Å². The molecule has 0 unspecified atom stereocenters. The summed E-state index contributed by atoms with van der Waals surface area (Å²) < 4.78 is 0.738. The number of carboxylic acid groups (broad SMARTS) is 1. The number of hydrogen-bond donors (Lipinski definition) is 1. The fraction of sp³-hybridized carbons (Fsp3) is 0.364. The third-order valence-corrected chi connectivity index (χ3v) is 3.04. The van der Waals surface area contributed by atoms with E-state index in [2.05, 4.69) is 0 Å². The molecule has 0 saturated carbocycles. The highest BCUT2D eigenvalue weighted by Gasteiger charge is 2.23. The summed E-state index contributed by atoms with van der Waals surface area (Å²) >= 11 is 1.98. The Kier molecular flexibility index (Phi) is 4.88. The summed E-state index contributed by atoms with van der Waals surface area (Å²) in [6, 6.07) is 4.61. The Balaban J connectivity index is 3.27. The number of anilines is 1. The van der Waals surface area contributed by atoms with Crippen LogP contribution in [-0.4, -0.2) is 28.6 Å². The largest absolute Gasteiger partial charge is 0.480 e. The summed E-state index contributed by atoms with van der Waals surface area (Å²) in [6.45, 7) is 3.33. The Hall–Kier alpha value is -1.38. The highest BCUT2D eigenvalue weighted by molar-refractivity contribution is 14.1. The average Bonchev–Trinajstić information content (AvgIpc) is 2.25. The molecule has 0 bridgehead atoms. The van der Waals surface area contributed by atoms with Crippen molar-refractivity contribution in [2.45, 2.75) is 19.9 Å². The summed E-state index contributed by atoms with van der Waals surface area (Å²) in [7, 11) is 0. The van der Waals surface area contributed by atoms with Gasteiger partial charge in [0, 0.05) is 15.7 Å². The first-order chi connectivity index (χ1) is 8.32. The van der Waals surface area contributed by atoms with E-state index in [1.807, 2.05) is 22.6 Å². The molecule has 1 aromatic carbocycles. The number of nitrogens with zero attached hydrogens (tertiary/aromatic N) is 2. The maximum Gasteiger partial charge on any atom is 0.323 e. The maximum atomic E-state index is 11.0. The van der Waals surface area contributed by atoms with Crippen LogP contribution in [0.4, 0.5) is 11.4 Å². The van der Waals surface area contributed by atoms with Gasteiger partial charge < -0.3 is 10.0 Å². The fourth-order valence-corrected chi connectivity index (χ4v) is 2.05. The van der Waals surface area contributed by atoms with Crippen LogP contribution in [0.15, 0.2) is 18.2 Å². The van der Waals surface area contributed by atoms with Crippen LogP contribution in [-0.2, 0) is 4.79 Å². The van der Waals surface area contributed by atoms with E-state index in [1.165, 1.54) is 11.0 Å². The van der Waals surface area contributed by atoms with Crippen molar-refractivity contribution < 1.29 is 14.8 Å². The van der Waals surface area contributed by atoms with Gasteiger partial charge in [-0.05, 0) is 48.6 Å². The van der Waals surface area contributed by atoms with Crippen molar-refractivity contribution in [3.05, 3.63) is 31.9 Å². The molecular weight excluding hydrogens is 351 g/mol. The van der Waals surface area contributed by atoms with Gasteiger partial charge in [0.2, 0.25) is 0 Å². The van der Waals surface area contributed by atoms with E-state index in [0.717, 1.165) is 3.57 Å². The topological polar surface area (TPSA) is 83.7 Å². The molecule has 6 nitrogen and oxygen atoms in total. The van der Waals surface area contributed by atoms with Crippen LogP contribution < -0.4 is 4.90 Å². The van der Waals surface area contributed by atoms with Crippen LogP contribution in [0.2, 0.25) is 0 Å². The van der Waals surface area contributed by atoms with Crippen molar-refractivity contribution in [2.75, 3.05) is 11.4 Å². The Morgan fingerprint density at radius 1 is 1.56 bits per heavy atom. The van der Waals surface area contributed by atoms with Crippen LogP contribution in [0.1, 0.15) is 13.8 Å². The van der Waals surface area contributed by atoms with Gasteiger partial charge in [-0.15, -0.1) is 0 Å². The summed E-state index contributed by atoms with van der Waals surface area (Å²) in [5, 5.41) is 19.9. The minimum absolute atomic E-state index is 0.0724. The highest BCUT2D eigenvalue weighted by atomic mass is 127. The minimum Gasteiger partial charge on any atom is -0.480 e. The van der Waals surface area contributed by atoms with Crippen molar-refractivity contribution in [3.63, 3.8) is 0 Å². The maximum absolute atomic E-state index is 11.0. The zero-order valence-electron chi connectivity index (χ0n) is 9.96. The van der Waals surface area contributed by atoms with Gasteiger partial charge in [-0.3, -0.25) is 14.9 Å². The molecule has 0 fully saturated rings. The molecule has 7 heteroatoms. The number of halogens is 1. The SMILES string of the molecule is CC(C)N(CC(=O)O)c1ccc(I)cc1[N+](=O)[O-]. The lowest BCUT2D eigenvalue weighted by atomic mass is 10.2. The zero-order valence-corrected chi connectivity index (χ0v) is 12.1. The van der Waals surface area contributed by atoms with E-state index in [1.54, 1.807) is 26.0 Å². The molecule has 0 aliphatic heterocycles. The first-order valence-corrected chi connectivity index (χ1v) is 6.33. The number of benzene rings is 1. The molecule has 0 aliphatic carbocycles. The van der Waals surface area contributed by atoms with E-state index < -0.39 is 10.9 Å². The lowest BCUT2D eigenvalue weighted by Crippen LogP contribution is -2.36. The molecule has 0 radical (unpaired) electrons. The number of nitro benzene ring substituents is 1. The minimum atomic E-state index is -1.02. The van der Waals surface area contributed by atoms with E-state index in [4.69, 9.17) is 5.11 Å². The predicted octanol–water partition coefficient (Wildman–Crippen LogP) is 2.50. The third-order valence-electron chi connectivity index (χ3n) is 2.37. The number of rotatable bonds is 5. The van der Waals surface area contributed by atoms with Crippen molar-refractivity contribution in [2.24, 2.45) is 0 Å². The number of nitro groups is 1. The molecule has 18 heavy (non-hydrogen) atoms. The molecule has 0 atom stereocenters. The molecule has 0 aromatic heterocycles. The lowest BCUT2D eigenvalue weighted by molar-refractivity contribution is -0.384. The summed E-state index contributed by atoms with van der Waals surface area (Å²) in [5.41, 5.74) is 0.259. The summed E-state index contributed by atoms with van der Waals surface area (Å²) in [5.74, 6) is -1.02. The van der Waals surface area contributed by atoms with Crippen molar-refractivity contribution in [1.29, 1.82) is 0 Å². The smallest absolute Gasteiger partial charge is 0.323 e. The van der Waals surface area contributed by atoms with Gasteiger partial charge >= 0.3 is 5.97 Å². The van der Waals surface area contributed by atoms with E-state index in [0.29, 0.717) is 5.69 Å². The first kappa shape index (κ1) is 14.7. The molecule has 0 spiro atoms. The molecule has 1 aromatic rings. The van der Waals surface area contributed by atoms with E-state index in [9.17, 15) is 14.9 Å². The quantitative estimate of drug-likeness (QED) is 0.493. The van der Waals surface area contributed by atoms with Gasteiger partial charge in [0.1, 0.15) is 12.2 Å². The van der Waals surface area contributed by atoms with Crippen molar-refractivity contribution in [3.8, 4) is 0 Å². The van der Waals surface area contributed by atoms with Gasteiger partial charge in [-0.1, -0.05) is 0 Å². The molecule has 1 rings (SSSR count). The molecule has 0 amide bonds. The zero-order chi connectivity index (χ0) is 13.9. The van der Waals surface area contributed by atoms with Crippen LogP contribution in [0.25, 0.3) is 0 Å². The van der Waals surface area contributed by atoms with E-state index >= 15 is 0 Å². The monoisotopic (exact) mass is 364 g/mol. The number of carboxylic acids is 1. The average molecular weight is 364 g/mol. The molecular formula is C11H13IN2O4. The van der Waals surface area contributed by atoms with Gasteiger partial charge in [0.05, 0.1) is 4.92 Å². The molecule has 0 saturated heterocycles. The highest BCUT2D eigenvalue weighted by Crippen LogP contribution is 2.30. The fourth-order valence-electron chi connectivity index (χ4n) is 1.58. The number of hydrogen-bond acceptors (Lipinski definition) is 4. The standard InChI is InChI=1S/C11H13IN2O4/c1-7(2)13(6-11(15)16)9-4-3-8(12)5-10(9)14(17)18/h3-5,7H,6H2,1-2H3,(H,15,16). The Labute approximate surface area is 118 Å². The molecule has 0 heterocycles. The second kappa shape index (κ2) is 5.98. The van der Waals surface area contributed by atoms with Crippen LogP contribution in [0.3, 0.4) is 0 Å². The Morgan fingerprint density at radius 2 is 2.17 bits per heavy atom. The second-order valence-electron chi connectivity index (χ2n) is 4.01. The van der Waals surface area contributed by atoms with Gasteiger partial charge in [-0.2, -0.15) is 0 Å². The van der Waals surface area contributed by atoms with Gasteiger partial charge in [0.25, 0.3) is 5.69 Å². The van der Waals surface area contributed by atoms with Crippen LogP contribution in [0.5, 0.6) is 0 Å². The normalized spacial score (nSPS) is 10.4. The Morgan fingerprint density at radius 3 is 2.61 bits per heavy atom. The van der Waals surface area contributed by atoms with E-state index in [-0.39, 0.29) is 18.3 Å². The summed E-state index contributed by atoms with van der Waals surface area (Å²) in [6.07, 6.45) is 0. The third kappa shape index (κ3) is 3.56. The van der Waals surface area contributed by atoms with Crippen LogP contribution in [0, 0.1) is 13.7 Å². The molecule has 98 valence electrons. The van der Waals surface area contributed by atoms with Crippen LogP contribution >= 0.6 is 22.6 Å². The number of carbonyl (C=O) groups is 1. The first-order valence-electron chi connectivity index (χ1n) is 5.25. The van der Waals surface area contributed by atoms with Crippen molar-refractivity contribution >= 4 is 39.9 Å². The predicted molar refractivity (Wildman–Crippen MR) is 75.9 cm³/mol. The lowest BCUT2D eigenvalue weighted by Gasteiger charge is -2.26. The number of aliphatic carboxylic acids is 1. The summed E-state index contributed by atoms with van der Waals surface area (Å²) in [4.78, 5) is 22.8. The van der Waals surface area contributed by atoms with Crippen molar-refractivity contribution in [1.82, 2.24) is 0 Å². The molecule has 1 N–H and O–H groups in total. The Bertz CT molecular complexity index is 476. The molecule has 0 aliphatic rings.